The van der Waals surface area contributed by atoms with E-state index < -0.39 is 4.92 Å². The lowest BCUT2D eigenvalue weighted by Gasteiger charge is -2.36. The van der Waals surface area contributed by atoms with E-state index in [4.69, 9.17) is 10.8 Å². The van der Waals surface area contributed by atoms with Crippen LogP contribution < -0.4 is 0 Å². The number of nitro groups is 1. The van der Waals surface area contributed by atoms with Gasteiger partial charge in [0.25, 0.3) is 5.69 Å². The molecule has 0 bridgehead atoms. The highest BCUT2D eigenvalue weighted by Crippen LogP contribution is 2.40. The number of rotatable bonds is 5. The third kappa shape index (κ3) is 2.68. The first kappa shape index (κ1) is 14.2. The number of nitro benzene ring substituents is 1. The third-order valence-electron chi connectivity index (χ3n) is 3.93. The maximum atomic E-state index is 10.9. The van der Waals surface area contributed by atoms with Gasteiger partial charge in [0.2, 0.25) is 0 Å². The summed E-state index contributed by atoms with van der Waals surface area (Å²) >= 11 is 0. The van der Waals surface area contributed by atoms with Crippen molar-refractivity contribution in [2.45, 2.75) is 25.2 Å². The molecule has 0 spiro atoms. The van der Waals surface area contributed by atoms with E-state index in [9.17, 15) is 10.1 Å². The van der Waals surface area contributed by atoms with Gasteiger partial charge < -0.3 is 4.90 Å². The normalized spacial score (nSPS) is 16.1. The molecule has 6 heteroatoms. The number of hydrogen-bond donors (Lipinski definition) is 2. The van der Waals surface area contributed by atoms with Crippen molar-refractivity contribution in [2.75, 3.05) is 7.05 Å². The summed E-state index contributed by atoms with van der Waals surface area (Å²) in [5, 5.41) is 26.4. The fourth-order valence-electron chi connectivity index (χ4n) is 2.55. The van der Waals surface area contributed by atoms with E-state index in [-0.39, 0.29) is 11.6 Å². The van der Waals surface area contributed by atoms with Crippen LogP contribution in [0.1, 0.15) is 30.7 Å². The van der Waals surface area contributed by atoms with E-state index in [2.05, 4.69) is 0 Å². The van der Waals surface area contributed by atoms with Crippen molar-refractivity contribution >= 4 is 17.9 Å². The largest absolute Gasteiger partial charge is 0.324 e. The molecule has 2 N–H and O–H groups in total. The monoisotopic (exact) mass is 274 g/mol. The molecule has 20 heavy (non-hydrogen) atoms. The molecule has 106 valence electrons. The van der Waals surface area contributed by atoms with Gasteiger partial charge in [-0.05, 0) is 24.3 Å². The molecule has 0 aliphatic heterocycles. The summed E-state index contributed by atoms with van der Waals surface area (Å²) in [4.78, 5) is 11.9. The number of nitrogens with one attached hydrogen (secondary N) is 2. The zero-order valence-corrected chi connectivity index (χ0v) is 11.4. The minimum Gasteiger partial charge on any atom is -0.324 e. The quantitative estimate of drug-likeness (QED) is 0.374. The summed E-state index contributed by atoms with van der Waals surface area (Å²) in [7, 11) is 1.67. The van der Waals surface area contributed by atoms with Crippen molar-refractivity contribution in [1.29, 1.82) is 10.8 Å². The molecule has 0 heterocycles. The zero-order valence-electron chi connectivity index (χ0n) is 11.4. The average Bonchev–Trinajstić information content (AvgIpc) is 2.41. The summed E-state index contributed by atoms with van der Waals surface area (Å²) in [6, 6.07) is 6.51. The first-order valence-corrected chi connectivity index (χ1v) is 6.60. The standard InChI is InChI=1S/C14H18N4O2/c1-17(9-15)14(16)13(10-4-2-5-10)11-6-3-7-12(8-11)18(19)20/h3,6-10,13,15-16H,2,4-5H2,1H3. The van der Waals surface area contributed by atoms with Gasteiger partial charge in [0.05, 0.1) is 11.3 Å². The Bertz CT molecular complexity index is 540. The van der Waals surface area contributed by atoms with E-state index in [0.717, 1.165) is 31.2 Å². The molecular weight excluding hydrogens is 256 g/mol. The summed E-state index contributed by atoms with van der Waals surface area (Å²) in [5.74, 6) is 0.493. The molecule has 2 rings (SSSR count). The molecule has 1 saturated carbocycles. The number of benzene rings is 1. The molecule has 0 radical (unpaired) electrons. The molecule has 1 aromatic carbocycles. The van der Waals surface area contributed by atoms with Crippen molar-refractivity contribution in [3.63, 3.8) is 0 Å². The maximum Gasteiger partial charge on any atom is 0.269 e. The number of non-ortho nitro benzene ring substituents is 1. The van der Waals surface area contributed by atoms with Gasteiger partial charge in [-0.15, -0.1) is 0 Å². The Kier molecular flexibility index (Phi) is 4.12. The molecule has 6 nitrogen and oxygen atoms in total. The van der Waals surface area contributed by atoms with Crippen molar-refractivity contribution in [3.8, 4) is 0 Å². The molecule has 1 aliphatic carbocycles. The Labute approximate surface area is 117 Å². The van der Waals surface area contributed by atoms with Gasteiger partial charge in [-0.1, -0.05) is 18.6 Å². The minimum atomic E-state index is -0.411. The van der Waals surface area contributed by atoms with Crippen LogP contribution in [0.4, 0.5) is 5.69 Å². The van der Waals surface area contributed by atoms with E-state index in [1.54, 1.807) is 19.2 Å². The molecule has 0 aromatic heterocycles. The second kappa shape index (κ2) is 5.81. The Hall–Kier alpha value is -2.24. The van der Waals surface area contributed by atoms with Crippen molar-refractivity contribution in [3.05, 3.63) is 39.9 Å². The van der Waals surface area contributed by atoms with Gasteiger partial charge in [-0.3, -0.25) is 20.9 Å². The highest BCUT2D eigenvalue weighted by atomic mass is 16.6. The van der Waals surface area contributed by atoms with Gasteiger partial charge in [-0.25, -0.2) is 0 Å². The van der Waals surface area contributed by atoms with E-state index >= 15 is 0 Å². The van der Waals surface area contributed by atoms with E-state index in [1.165, 1.54) is 11.0 Å². The lowest BCUT2D eigenvalue weighted by atomic mass is 9.72. The second-order valence-corrected chi connectivity index (χ2v) is 5.15. The molecule has 1 fully saturated rings. The van der Waals surface area contributed by atoms with Crippen LogP contribution >= 0.6 is 0 Å². The summed E-state index contributed by atoms with van der Waals surface area (Å²) in [6.07, 6.45) is 4.30. The highest BCUT2D eigenvalue weighted by Gasteiger charge is 2.33. The van der Waals surface area contributed by atoms with Crippen molar-refractivity contribution in [1.82, 2.24) is 4.90 Å². The van der Waals surface area contributed by atoms with E-state index in [1.807, 2.05) is 6.07 Å². The Morgan fingerprint density at radius 1 is 1.55 bits per heavy atom. The summed E-state index contributed by atoms with van der Waals surface area (Å²) < 4.78 is 0. The predicted molar refractivity (Wildman–Crippen MR) is 77.5 cm³/mol. The fourth-order valence-corrected chi connectivity index (χ4v) is 2.55. The van der Waals surface area contributed by atoms with Crippen LogP contribution in [0.3, 0.4) is 0 Å². The second-order valence-electron chi connectivity index (χ2n) is 5.15. The number of amidine groups is 1. The minimum absolute atomic E-state index is 0.0529. The third-order valence-corrected chi connectivity index (χ3v) is 3.93. The van der Waals surface area contributed by atoms with Gasteiger partial charge in [-0.2, -0.15) is 0 Å². The van der Waals surface area contributed by atoms with Gasteiger partial charge in [0.15, 0.2) is 0 Å². The Balaban J connectivity index is 2.35. The lowest BCUT2D eigenvalue weighted by Crippen LogP contribution is -2.36. The van der Waals surface area contributed by atoms with Crippen LogP contribution in [0.5, 0.6) is 0 Å². The Morgan fingerprint density at radius 3 is 2.75 bits per heavy atom. The van der Waals surface area contributed by atoms with Crippen LogP contribution in [0.25, 0.3) is 0 Å². The van der Waals surface area contributed by atoms with Crippen LogP contribution in [-0.4, -0.2) is 29.0 Å². The molecule has 1 aliphatic rings. The first-order chi connectivity index (χ1) is 9.54. The van der Waals surface area contributed by atoms with Crippen LogP contribution in [0.15, 0.2) is 24.3 Å². The number of nitrogens with zero attached hydrogens (tertiary/aromatic N) is 2. The zero-order chi connectivity index (χ0) is 14.7. The van der Waals surface area contributed by atoms with Crippen LogP contribution in [-0.2, 0) is 0 Å². The van der Waals surface area contributed by atoms with Crippen LogP contribution in [0.2, 0.25) is 0 Å². The predicted octanol–water partition coefficient (Wildman–Crippen LogP) is 2.99. The molecule has 1 atom stereocenters. The van der Waals surface area contributed by atoms with Gasteiger partial charge in [0.1, 0.15) is 5.84 Å². The molecule has 0 saturated heterocycles. The molecule has 0 amide bonds. The van der Waals surface area contributed by atoms with Crippen LogP contribution in [0, 0.1) is 26.9 Å². The fraction of sp³-hybridized carbons (Fsp3) is 0.429. The number of likely N-dealkylation sites (N-methyl/N-ethyl adjacent to an activating group) is 1. The molecular formula is C14H18N4O2. The van der Waals surface area contributed by atoms with Gasteiger partial charge >= 0.3 is 0 Å². The summed E-state index contributed by atoms with van der Waals surface area (Å²) in [6.45, 7) is 0. The smallest absolute Gasteiger partial charge is 0.269 e. The van der Waals surface area contributed by atoms with Crippen molar-refractivity contribution < 1.29 is 4.92 Å². The number of hydrogen-bond acceptors (Lipinski definition) is 4. The summed E-state index contributed by atoms with van der Waals surface area (Å²) in [5.41, 5.74) is 0.847. The SMILES string of the molecule is CN(C=N)C(=N)C(c1cccc([N+](=O)[O-])c1)C1CCC1. The maximum absolute atomic E-state index is 10.9. The highest BCUT2D eigenvalue weighted by molar-refractivity contribution is 5.94. The van der Waals surface area contributed by atoms with E-state index in [0.29, 0.717) is 11.8 Å². The van der Waals surface area contributed by atoms with Crippen molar-refractivity contribution in [2.24, 2.45) is 5.92 Å². The van der Waals surface area contributed by atoms with Gasteiger partial charge in [0, 0.05) is 25.1 Å². The molecule has 1 aromatic rings. The Morgan fingerprint density at radius 2 is 2.25 bits per heavy atom. The lowest BCUT2D eigenvalue weighted by molar-refractivity contribution is -0.384. The molecule has 1 unspecified atom stereocenters. The first-order valence-electron chi connectivity index (χ1n) is 6.60. The topological polar surface area (TPSA) is 94.1 Å². The average molecular weight is 274 g/mol.